The first-order valence-electron chi connectivity index (χ1n) is 8.85. The zero-order chi connectivity index (χ0) is 21.1. The lowest BCUT2D eigenvalue weighted by atomic mass is 10.2. The second kappa shape index (κ2) is 8.52. The highest BCUT2D eigenvalue weighted by atomic mass is 35.5. The molecule has 0 bridgehead atoms. The zero-order valence-electron chi connectivity index (χ0n) is 15.4. The SMILES string of the molecule is Nc1nccc(Oc2ccc(NC(=O)c3ccc(-c4ccccc4)s3)cc2F)c1Cl. The smallest absolute Gasteiger partial charge is 0.265 e. The van der Waals surface area contributed by atoms with Crippen LogP contribution in [0.5, 0.6) is 11.5 Å². The van der Waals surface area contributed by atoms with Crippen molar-refractivity contribution in [2.24, 2.45) is 0 Å². The van der Waals surface area contributed by atoms with Gasteiger partial charge in [-0.1, -0.05) is 41.9 Å². The van der Waals surface area contributed by atoms with E-state index in [1.165, 1.54) is 35.7 Å². The molecular formula is C22H15ClFN3O2S. The van der Waals surface area contributed by atoms with Crippen LogP contribution in [-0.4, -0.2) is 10.9 Å². The molecule has 2 aromatic carbocycles. The molecule has 0 aliphatic heterocycles. The van der Waals surface area contributed by atoms with Crippen LogP contribution in [0.15, 0.2) is 72.9 Å². The van der Waals surface area contributed by atoms with Gasteiger partial charge in [0.25, 0.3) is 5.91 Å². The molecule has 0 saturated carbocycles. The van der Waals surface area contributed by atoms with Gasteiger partial charge in [-0.3, -0.25) is 4.79 Å². The van der Waals surface area contributed by atoms with Gasteiger partial charge >= 0.3 is 0 Å². The van der Waals surface area contributed by atoms with Crippen molar-refractivity contribution in [3.8, 4) is 21.9 Å². The quantitative estimate of drug-likeness (QED) is 0.386. The molecule has 0 atom stereocenters. The van der Waals surface area contributed by atoms with Crippen LogP contribution in [0.1, 0.15) is 9.67 Å². The normalized spacial score (nSPS) is 10.6. The van der Waals surface area contributed by atoms with Crippen molar-refractivity contribution in [3.63, 3.8) is 0 Å². The maximum Gasteiger partial charge on any atom is 0.265 e. The Bertz CT molecular complexity index is 1210. The number of nitrogens with one attached hydrogen (secondary N) is 1. The van der Waals surface area contributed by atoms with Crippen LogP contribution in [-0.2, 0) is 0 Å². The average Bonchev–Trinajstić information content (AvgIpc) is 3.24. The summed E-state index contributed by atoms with van der Waals surface area (Å²) in [6.07, 6.45) is 1.41. The Morgan fingerprint density at radius 2 is 1.87 bits per heavy atom. The van der Waals surface area contributed by atoms with Gasteiger partial charge in [-0.25, -0.2) is 9.37 Å². The summed E-state index contributed by atoms with van der Waals surface area (Å²) >= 11 is 7.38. The van der Waals surface area contributed by atoms with E-state index in [2.05, 4.69) is 10.3 Å². The first kappa shape index (κ1) is 19.9. The Morgan fingerprint density at radius 1 is 1.07 bits per heavy atom. The molecule has 2 heterocycles. The number of nitrogen functional groups attached to an aromatic ring is 1. The number of amides is 1. The molecule has 5 nitrogen and oxygen atoms in total. The summed E-state index contributed by atoms with van der Waals surface area (Å²) in [5, 5.41) is 2.79. The molecule has 3 N–H and O–H groups in total. The Kier molecular flexibility index (Phi) is 5.65. The lowest BCUT2D eigenvalue weighted by molar-refractivity contribution is 0.103. The second-order valence-electron chi connectivity index (χ2n) is 6.24. The van der Waals surface area contributed by atoms with E-state index >= 15 is 0 Å². The second-order valence-corrected chi connectivity index (χ2v) is 7.70. The van der Waals surface area contributed by atoms with E-state index < -0.39 is 5.82 Å². The van der Waals surface area contributed by atoms with Gasteiger partial charge in [-0.05, 0) is 29.8 Å². The molecule has 8 heteroatoms. The van der Waals surface area contributed by atoms with Gasteiger partial charge in [0.15, 0.2) is 17.3 Å². The van der Waals surface area contributed by atoms with Gasteiger partial charge in [0, 0.05) is 28.9 Å². The largest absolute Gasteiger partial charge is 0.453 e. The molecule has 2 aromatic heterocycles. The Hall–Kier alpha value is -3.42. The first-order chi connectivity index (χ1) is 14.5. The number of benzene rings is 2. The highest BCUT2D eigenvalue weighted by Crippen LogP contribution is 2.34. The van der Waals surface area contributed by atoms with Crippen molar-refractivity contribution in [1.82, 2.24) is 4.98 Å². The number of nitrogens with two attached hydrogens (primary N) is 1. The molecule has 30 heavy (non-hydrogen) atoms. The van der Waals surface area contributed by atoms with Crippen molar-refractivity contribution in [2.45, 2.75) is 0 Å². The maximum absolute atomic E-state index is 14.5. The lowest BCUT2D eigenvalue weighted by Gasteiger charge is -2.10. The summed E-state index contributed by atoms with van der Waals surface area (Å²) in [5.41, 5.74) is 6.96. The molecule has 0 aliphatic carbocycles. The molecule has 1 amide bonds. The van der Waals surface area contributed by atoms with Gasteiger partial charge in [-0.2, -0.15) is 0 Å². The van der Waals surface area contributed by atoms with Gasteiger partial charge in [0.2, 0.25) is 0 Å². The molecule has 0 aliphatic rings. The minimum atomic E-state index is -0.657. The van der Waals surface area contributed by atoms with Crippen LogP contribution in [0.2, 0.25) is 5.02 Å². The van der Waals surface area contributed by atoms with Gasteiger partial charge in [-0.15, -0.1) is 11.3 Å². The van der Waals surface area contributed by atoms with Gasteiger partial charge in [0.05, 0.1) is 4.88 Å². The van der Waals surface area contributed by atoms with E-state index in [1.807, 2.05) is 36.4 Å². The Labute approximate surface area is 180 Å². The topological polar surface area (TPSA) is 77.2 Å². The molecule has 0 fully saturated rings. The van der Waals surface area contributed by atoms with E-state index in [-0.39, 0.29) is 28.2 Å². The predicted octanol–water partition coefficient (Wildman–Crippen LogP) is 6.23. The molecule has 150 valence electrons. The number of carbonyl (C=O) groups excluding carboxylic acids is 1. The molecule has 4 rings (SSSR count). The van der Waals surface area contributed by atoms with Crippen LogP contribution in [0.25, 0.3) is 10.4 Å². The minimum Gasteiger partial charge on any atom is -0.453 e. The molecular weight excluding hydrogens is 425 g/mol. The van der Waals surface area contributed by atoms with Crippen molar-refractivity contribution >= 4 is 40.4 Å². The third kappa shape index (κ3) is 4.27. The molecule has 0 unspecified atom stereocenters. The highest BCUT2D eigenvalue weighted by Gasteiger charge is 2.14. The fourth-order valence-corrected chi connectivity index (χ4v) is 3.77. The number of ether oxygens (including phenoxy) is 1. The average molecular weight is 440 g/mol. The highest BCUT2D eigenvalue weighted by molar-refractivity contribution is 7.17. The number of aromatic nitrogens is 1. The summed E-state index contributed by atoms with van der Waals surface area (Å²) in [5.74, 6) is -0.755. The van der Waals surface area contributed by atoms with E-state index in [1.54, 1.807) is 12.1 Å². The van der Waals surface area contributed by atoms with Crippen molar-refractivity contribution in [2.75, 3.05) is 11.1 Å². The lowest BCUT2D eigenvalue weighted by Crippen LogP contribution is -2.10. The maximum atomic E-state index is 14.5. The summed E-state index contributed by atoms with van der Waals surface area (Å²) in [7, 11) is 0. The molecule has 0 spiro atoms. The number of anilines is 2. The summed E-state index contributed by atoms with van der Waals surface area (Å²) < 4.78 is 20.0. The van der Waals surface area contributed by atoms with Crippen LogP contribution in [0.3, 0.4) is 0 Å². The van der Waals surface area contributed by atoms with Crippen molar-refractivity contribution < 1.29 is 13.9 Å². The molecule has 0 saturated heterocycles. The Morgan fingerprint density at radius 3 is 2.63 bits per heavy atom. The number of hydrogen-bond acceptors (Lipinski definition) is 5. The van der Waals surface area contributed by atoms with E-state index in [9.17, 15) is 9.18 Å². The fourth-order valence-electron chi connectivity index (χ4n) is 2.71. The van der Waals surface area contributed by atoms with Crippen molar-refractivity contribution in [3.05, 3.63) is 88.6 Å². The molecule has 0 radical (unpaired) electrons. The van der Waals surface area contributed by atoms with Crippen LogP contribution in [0.4, 0.5) is 15.9 Å². The first-order valence-corrected chi connectivity index (χ1v) is 10.0. The number of pyridine rings is 1. The number of rotatable bonds is 5. The summed E-state index contributed by atoms with van der Waals surface area (Å²) in [4.78, 5) is 17.9. The van der Waals surface area contributed by atoms with Gasteiger partial charge < -0.3 is 15.8 Å². The zero-order valence-corrected chi connectivity index (χ0v) is 17.0. The number of thiophene rings is 1. The fraction of sp³-hybridized carbons (Fsp3) is 0. The summed E-state index contributed by atoms with van der Waals surface area (Å²) in [6.45, 7) is 0. The van der Waals surface area contributed by atoms with Gasteiger partial charge in [0.1, 0.15) is 10.8 Å². The number of hydrogen-bond donors (Lipinski definition) is 2. The Balaban J connectivity index is 1.48. The number of nitrogens with zero attached hydrogens (tertiary/aromatic N) is 1. The van der Waals surface area contributed by atoms with E-state index in [0.29, 0.717) is 10.6 Å². The van der Waals surface area contributed by atoms with E-state index in [0.717, 1.165) is 10.4 Å². The third-order valence-electron chi connectivity index (χ3n) is 4.18. The predicted molar refractivity (Wildman–Crippen MR) is 118 cm³/mol. The standard InChI is InChI=1S/C22H15ClFN3O2S/c23-20-17(10-11-26-21(20)25)29-16-7-6-14(12-15(16)24)27-22(28)19-9-8-18(30-19)13-4-2-1-3-5-13/h1-12H,(H2,25,26)(H,27,28). The summed E-state index contributed by atoms with van der Waals surface area (Å²) in [6, 6.07) is 19.0. The minimum absolute atomic E-state index is 0.0528. The van der Waals surface area contributed by atoms with E-state index in [4.69, 9.17) is 22.1 Å². The van der Waals surface area contributed by atoms with Crippen LogP contribution >= 0.6 is 22.9 Å². The number of halogens is 2. The third-order valence-corrected chi connectivity index (χ3v) is 5.69. The monoisotopic (exact) mass is 439 g/mol. The number of carbonyl (C=O) groups is 1. The van der Waals surface area contributed by atoms with Crippen molar-refractivity contribution in [1.29, 1.82) is 0 Å². The van der Waals surface area contributed by atoms with Crippen LogP contribution in [0, 0.1) is 5.82 Å². The van der Waals surface area contributed by atoms with Crippen LogP contribution < -0.4 is 15.8 Å². The molecule has 4 aromatic rings.